The smallest absolute Gasteiger partial charge is 0.309 e. The maximum atomic E-state index is 13.2. The number of cyclic esters (lactones) is 1. The second-order valence-corrected chi connectivity index (χ2v) is 11.5. The van der Waals surface area contributed by atoms with Crippen LogP contribution in [0.5, 0.6) is 0 Å². The molecule has 190 valence electrons. The zero-order valence-corrected chi connectivity index (χ0v) is 22.4. The molecule has 2 rings (SSSR count). The Morgan fingerprint density at radius 1 is 1.24 bits per heavy atom. The third kappa shape index (κ3) is 7.59. The molecular weight excluding hydrogens is 450 g/mol. The van der Waals surface area contributed by atoms with E-state index >= 15 is 0 Å². The van der Waals surface area contributed by atoms with Crippen molar-refractivity contribution < 1.29 is 24.5 Å². The van der Waals surface area contributed by atoms with Crippen molar-refractivity contribution in [1.29, 1.82) is 0 Å². The zero-order valence-electron chi connectivity index (χ0n) is 21.6. The molecule has 0 fully saturated rings. The molecule has 0 amide bonds. The van der Waals surface area contributed by atoms with E-state index in [0.29, 0.717) is 6.42 Å². The minimum Gasteiger partial charge on any atom is -0.457 e. The fraction of sp³-hybridized carbons (Fsp3) is 0.667. The summed E-state index contributed by atoms with van der Waals surface area (Å²) in [6, 6.07) is 0. The first-order valence-corrected chi connectivity index (χ1v) is 13.1. The average Bonchev–Trinajstić information content (AvgIpc) is 3.18. The van der Waals surface area contributed by atoms with Crippen LogP contribution in [0.3, 0.4) is 0 Å². The number of rotatable bonds is 2. The van der Waals surface area contributed by atoms with Gasteiger partial charge in [0.1, 0.15) is 11.9 Å². The van der Waals surface area contributed by atoms with Gasteiger partial charge in [-0.25, -0.2) is 4.98 Å². The van der Waals surface area contributed by atoms with Gasteiger partial charge in [-0.2, -0.15) is 0 Å². The van der Waals surface area contributed by atoms with E-state index in [4.69, 9.17) is 4.74 Å². The number of thiazole rings is 1. The molecule has 0 aromatic carbocycles. The molecule has 1 aliphatic rings. The van der Waals surface area contributed by atoms with E-state index in [-0.39, 0.29) is 18.1 Å². The molecule has 5 atom stereocenters. The van der Waals surface area contributed by atoms with Crippen molar-refractivity contribution in [3.63, 3.8) is 0 Å². The van der Waals surface area contributed by atoms with E-state index in [0.717, 1.165) is 35.5 Å². The SMILES string of the molecule is CC1=CC[C@H](C(C)=Cc2csc(C)n2)OC(=O)C[C@@H](O)C(C)(C)C(=O)[C@@H](C)[C@H](O)[C@@H](C)CCC1. The molecule has 0 bridgehead atoms. The summed E-state index contributed by atoms with van der Waals surface area (Å²) in [6.45, 7) is 12.8. The minimum atomic E-state index is -1.21. The van der Waals surface area contributed by atoms with E-state index < -0.39 is 35.6 Å². The Balaban J connectivity index is 2.33. The van der Waals surface area contributed by atoms with Gasteiger partial charge in [-0.05, 0) is 57.6 Å². The first-order valence-electron chi connectivity index (χ1n) is 12.2. The van der Waals surface area contributed by atoms with E-state index in [9.17, 15) is 19.8 Å². The summed E-state index contributed by atoms with van der Waals surface area (Å²) in [6.07, 6.45) is 4.33. The summed E-state index contributed by atoms with van der Waals surface area (Å²) >= 11 is 1.56. The third-order valence-electron chi connectivity index (χ3n) is 7.04. The summed E-state index contributed by atoms with van der Waals surface area (Å²) in [5.74, 6) is -1.49. The van der Waals surface area contributed by atoms with E-state index in [1.807, 2.05) is 32.2 Å². The minimum absolute atomic E-state index is 0.0444. The lowest BCUT2D eigenvalue weighted by Gasteiger charge is -2.34. The topological polar surface area (TPSA) is 96.7 Å². The van der Waals surface area contributed by atoms with Crippen molar-refractivity contribution in [3.8, 4) is 0 Å². The molecule has 6 nitrogen and oxygen atoms in total. The molecular formula is C27H41NO5S. The number of aromatic nitrogens is 1. The van der Waals surface area contributed by atoms with Gasteiger partial charge in [0.2, 0.25) is 0 Å². The molecule has 0 saturated heterocycles. The molecule has 1 aromatic heterocycles. The third-order valence-corrected chi connectivity index (χ3v) is 7.83. The number of nitrogens with zero attached hydrogens (tertiary/aromatic N) is 1. The van der Waals surface area contributed by atoms with Gasteiger partial charge in [0.15, 0.2) is 0 Å². The average molecular weight is 492 g/mol. The van der Waals surface area contributed by atoms with Gasteiger partial charge in [0.05, 0.1) is 34.7 Å². The Labute approximate surface area is 208 Å². The number of carbonyl (C=O) groups excluding carboxylic acids is 2. The van der Waals surface area contributed by atoms with Crippen molar-refractivity contribution in [2.75, 3.05) is 0 Å². The zero-order chi connectivity index (χ0) is 25.6. The number of allylic oxidation sites excluding steroid dienone is 1. The molecule has 1 aromatic rings. The highest BCUT2D eigenvalue weighted by atomic mass is 32.1. The van der Waals surface area contributed by atoms with Gasteiger partial charge in [-0.3, -0.25) is 9.59 Å². The fourth-order valence-electron chi connectivity index (χ4n) is 4.40. The Kier molecular flexibility index (Phi) is 10.2. The normalized spacial score (nSPS) is 30.6. The molecule has 0 aliphatic carbocycles. The summed E-state index contributed by atoms with van der Waals surface area (Å²) in [5, 5.41) is 24.5. The predicted octanol–water partition coefficient (Wildman–Crippen LogP) is 5.27. The summed E-state index contributed by atoms with van der Waals surface area (Å²) in [5.41, 5.74) is 1.71. The second kappa shape index (κ2) is 12.2. The molecule has 2 heterocycles. The van der Waals surface area contributed by atoms with Gasteiger partial charge in [0.25, 0.3) is 0 Å². The highest BCUT2D eigenvalue weighted by Gasteiger charge is 2.42. The molecule has 2 N–H and O–H groups in total. The van der Waals surface area contributed by atoms with Crippen LogP contribution in [-0.2, 0) is 14.3 Å². The number of Topliss-reactive ketones (excluding diaryl/α,β-unsaturated/α-hetero) is 1. The van der Waals surface area contributed by atoms with Crippen molar-refractivity contribution in [2.45, 2.75) is 98.9 Å². The van der Waals surface area contributed by atoms with Crippen LogP contribution in [-0.4, -0.2) is 45.3 Å². The number of aliphatic hydroxyl groups is 2. The van der Waals surface area contributed by atoms with Crippen molar-refractivity contribution in [2.24, 2.45) is 17.3 Å². The molecule has 0 unspecified atom stereocenters. The monoisotopic (exact) mass is 491 g/mol. The molecule has 1 aliphatic heterocycles. The first kappa shape index (κ1) is 28.4. The van der Waals surface area contributed by atoms with Crippen LogP contribution in [0.2, 0.25) is 0 Å². The van der Waals surface area contributed by atoms with Crippen LogP contribution in [0.4, 0.5) is 0 Å². The van der Waals surface area contributed by atoms with Gasteiger partial charge in [0, 0.05) is 17.7 Å². The predicted molar refractivity (Wildman–Crippen MR) is 136 cm³/mol. The van der Waals surface area contributed by atoms with Gasteiger partial charge in [-0.1, -0.05) is 39.3 Å². The molecule has 34 heavy (non-hydrogen) atoms. The van der Waals surface area contributed by atoms with Crippen LogP contribution >= 0.6 is 11.3 Å². The molecule has 0 spiro atoms. The summed E-state index contributed by atoms with van der Waals surface area (Å²) in [7, 11) is 0. The number of ketones is 1. The number of aryl methyl sites for hydroxylation is 1. The molecule has 0 radical (unpaired) electrons. The Morgan fingerprint density at radius 2 is 1.91 bits per heavy atom. The number of hydrogen-bond donors (Lipinski definition) is 2. The molecule has 7 heteroatoms. The number of carbonyl (C=O) groups is 2. The van der Waals surface area contributed by atoms with E-state index in [1.165, 1.54) is 5.57 Å². The number of aliphatic hydroxyl groups excluding tert-OH is 2. The lowest BCUT2D eigenvalue weighted by Crippen LogP contribution is -2.45. The lowest BCUT2D eigenvalue weighted by atomic mass is 9.73. The van der Waals surface area contributed by atoms with Gasteiger partial charge < -0.3 is 14.9 Å². The van der Waals surface area contributed by atoms with Crippen LogP contribution in [0.1, 0.15) is 84.3 Å². The fourth-order valence-corrected chi connectivity index (χ4v) is 4.97. The quantitative estimate of drug-likeness (QED) is 0.432. The largest absolute Gasteiger partial charge is 0.457 e. The Hall–Kier alpha value is -1.83. The van der Waals surface area contributed by atoms with E-state index in [1.54, 1.807) is 32.1 Å². The Morgan fingerprint density at radius 3 is 2.53 bits per heavy atom. The standard InChI is InChI=1S/C27H41NO5S/c1-16-9-8-10-17(2)25(31)19(4)26(32)27(6,7)23(29)14-24(30)33-22(12-11-16)18(3)13-21-15-34-20(5)28-21/h11,13,15,17,19,22-23,25,29,31H,8-10,12,14H2,1-7H3/t17-,19-,22+,23+,25+/m0/s1. The van der Waals surface area contributed by atoms with Crippen molar-refractivity contribution in [1.82, 2.24) is 4.98 Å². The highest BCUT2D eigenvalue weighted by Crippen LogP contribution is 2.32. The van der Waals surface area contributed by atoms with Crippen LogP contribution in [0.15, 0.2) is 22.6 Å². The maximum Gasteiger partial charge on any atom is 0.309 e. The van der Waals surface area contributed by atoms with Crippen molar-refractivity contribution >= 4 is 29.2 Å². The van der Waals surface area contributed by atoms with Gasteiger partial charge in [-0.15, -0.1) is 11.3 Å². The number of esters is 1. The van der Waals surface area contributed by atoms with Gasteiger partial charge >= 0.3 is 5.97 Å². The number of ether oxygens (including phenoxy) is 1. The van der Waals surface area contributed by atoms with Crippen LogP contribution in [0, 0.1) is 24.2 Å². The number of hydrogen-bond acceptors (Lipinski definition) is 7. The van der Waals surface area contributed by atoms with Crippen LogP contribution < -0.4 is 0 Å². The summed E-state index contributed by atoms with van der Waals surface area (Å²) in [4.78, 5) is 30.5. The highest BCUT2D eigenvalue weighted by molar-refractivity contribution is 7.09. The van der Waals surface area contributed by atoms with Crippen molar-refractivity contribution in [3.05, 3.63) is 33.3 Å². The molecule has 0 saturated carbocycles. The maximum absolute atomic E-state index is 13.2. The second-order valence-electron chi connectivity index (χ2n) is 10.4. The first-order chi connectivity index (χ1) is 15.8. The van der Waals surface area contributed by atoms with E-state index in [2.05, 4.69) is 18.0 Å². The lowest BCUT2D eigenvalue weighted by molar-refractivity contribution is -0.154. The Bertz CT molecular complexity index is 916. The summed E-state index contributed by atoms with van der Waals surface area (Å²) < 4.78 is 5.81. The van der Waals surface area contributed by atoms with Crippen LogP contribution in [0.25, 0.3) is 6.08 Å².